The summed E-state index contributed by atoms with van der Waals surface area (Å²) in [7, 11) is -3.58. The average molecular weight is 383 g/mol. The van der Waals surface area contributed by atoms with E-state index >= 15 is 0 Å². The number of hydrogen-bond acceptors (Lipinski definition) is 4. The Hall–Kier alpha value is -1.44. The number of nitrogens with one attached hydrogen (secondary N) is 1. The van der Waals surface area contributed by atoms with Gasteiger partial charge in [0.05, 0.1) is 11.5 Å². The van der Waals surface area contributed by atoms with E-state index in [1.165, 1.54) is 6.07 Å². The summed E-state index contributed by atoms with van der Waals surface area (Å²) in [5, 5.41) is 2.77. The normalized spacial score (nSPS) is 18.8. The largest absolute Gasteiger partial charge is 0.379 e. The summed E-state index contributed by atoms with van der Waals surface area (Å²) >= 11 is 0. The van der Waals surface area contributed by atoms with Crippen LogP contribution in [0.3, 0.4) is 0 Å². The Bertz CT molecular complexity index is 703. The molecule has 7 heteroatoms. The highest BCUT2D eigenvalue weighted by Gasteiger charge is 2.31. The van der Waals surface area contributed by atoms with Crippen molar-refractivity contribution in [2.45, 2.75) is 51.0 Å². The highest BCUT2D eigenvalue weighted by molar-refractivity contribution is 7.89. The summed E-state index contributed by atoms with van der Waals surface area (Å²) < 4.78 is 32.8. The van der Waals surface area contributed by atoms with E-state index in [0.29, 0.717) is 37.8 Å². The topological polar surface area (TPSA) is 75.7 Å². The molecule has 1 aliphatic heterocycles. The van der Waals surface area contributed by atoms with Crippen LogP contribution in [0, 0.1) is 5.92 Å². The molecule has 1 heterocycles. The predicted octanol–water partition coefficient (Wildman–Crippen LogP) is 2.65. The Morgan fingerprint density at radius 2 is 2.12 bits per heavy atom. The Kier molecular flexibility index (Phi) is 7.61. The standard InChI is InChI=1S/C19H30N2O4S/c1-15(2)14-25-12-10-20-19(22)17-8-6-9-18(13-17)26(23,24)21-11-5-4-7-16(21)3/h6,8-9,13,15-16H,4-5,7,10-12,14H2,1-3H3,(H,20,22). The van der Waals surface area contributed by atoms with Crippen molar-refractivity contribution in [3.05, 3.63) is 29.8 Å². The van der Waals surface area contributed by atoms with Crippen molar-refractivity contribution < 1.29 is 17.9 Å². The third kappa shape index (κ3) is 5.53. The van der Waals surface area contributed by atoms with E-state index in [9.17, 15) is 13.2 Å². The Balaban J connectivity index is 2.01. The van der Waals surface area contributed by atoms with E-state index in [1.54, 1.807) is 22.5 Å². The third-order valence-corrected chi connectivity index (χ3v) is 6.44. The molecule has 1 aromatic carbocycles. The molecule has 0 spiro atoms. The maximum absolute atomic E-state index is 12.9. The van der Waals surface area contributed by atoms with Crippen molar-refractivity contribution in [3.8, 4) is 0 Å². The van der Waals surface area contributed by atoms with E-state index in [-0.39, 0.29) is 16.8 Å². The van der Waals surface area contributed by atoms with Crippen LogP contribution in [0.4, 0.5) is 0 Å². The molecule has 146 valence electrons. The molecule has 0 bridgehead atoms. The van der Waals surface area contributed by atoms with E-state index < -0.39 is 10.0 Å². The van der Waals surface area contributed by atoms with Gasteiger partial charge in [0.15, 0.2) is 0 Å². The highest BCUT2D eigenvalue weighted by Crippen LogP contribution is 2.25. The monoisotopic (exact) mass is 382 g/mol. The Morgan fingerprint density at radius 1 is 1.35 bits per heavy atom. The van der Waals surface area contributed by atoms with Crippen molar-refractivity contribution >= 4 is 15.9 Å². The second-order valence-electron chi connectivity index (χ2n) is 7.21. The molecule has 1 N–H and O–H groups in total. The number of sulfonamides is 1. The van der Waals surface area contributed by atoms with Crippen LogP contribution in [0.1, 0.15) is 50.4 Å². The zero-order valence-corrected chi connectivity index (χ0v) is 16.7. The van der Waals surface area contributed by atoms with Gasteiger partial charge in [-0.15, -0.1) is 0 Å². The van der Waals surface area contributed by atoms with E-state index in [0.717, 1.165) is 19.3 Å². The molecule has 1 saturated heterocycles. The van der Waals surface area contributed by atoms with Crippen LogP contribution in [-0.2, 0) is 14.8 Å². The predicted molar refractivity (Wildman–Crippen MR) is 102 cm³/mol. The summed E-state index contributed by atoms with van der Waals surface area (Å²) in [6.45, 7) is 8.08. The van der Waals surface area contributed by atoms with Crippen LogP contribution < -0.4 is 5.32 Å². The Labute approximate surface area is 157 Å². The minimum absolute atomic E-state index is 0.00987. The molecule has 1 unspecified atom stereocenters. The lowest BCUT2D eigenvalue weighted by Gasteiger charge is -2.32. The smallest absolute Gasteiger partial charge is 0.251 e. The van der Waals surface area contributed by atoms with Crippen LogP contribution in [0.2, 0.25) is 0 Å². The molecule has 2 rings (SSSR count). The number of ether oxygens (including phenoxy) is 1. The van der Waals surface area contributed by atoms with Gasteiger partial charge in [0.1, 0.15) is 0 Å². The van der Waals surface area contributed by atoms with Gasteiger partial charge in [-0.25, -0.2) is 8.42 Å². The second-order valence-corrected chi connectivity index (χ2v) is 9.10. The zero-order chi connectivity index (χ0) is 19.2. The molecule has 6 nitrogen and oxygen atoms in total. The number of hydrogen-bond donors (Lipinski definition) is 1. The van der Waals surface area contributed by atoms with Gasteiger partial charge in [-0.05, 0) is 43.9 Å². The fourth-order valence-electron chi connectivity index (χ4n) is 3.02. The quantitative estimate of drug-likeness (QED) is 0.702. The van der Waals surface area contributed by atoms with Crippen molar-refractivity contribution in [1.82, 2.24) is 9.62 Å². The number of piperidine rings is 1. The maximum Gasteiger partial charge on any atom is 0.251 e. The SMILES string of the molecule is CC(C)COCCNC(=O)c1cccc(S(=O)(=O)N2CCCCC2C)c1. The summed E-state index contributed by atoms with van der Waals surface area (Å²) in [6.07, 6.45) is 2.80. The number of nitrogens with zero attached hydrogens (tertiary/aromatic N) is 1. The summed E-state index contributed by atoms with van der Waals surface area (Å²) in [4.78, 5) is 12.5. The first-order valence-corrected chi connectivity index (χ1v) is 10.7. The number of carbonyl (C=O) groups is 1. The van der Waals surface area contributed by atoms with Gasteiger partial charge >= 0.3 is 0 Å². The van der Waals surface area contributed by atoms with E-state index in [2.05, 4.69) is 19.2 Å². The number of carbonyl (C=O) groups excluding carboxylic acids is 1. The van der Waals surface area contributed by atoms with Crippen LogP contribution in [0.15, 0.2) is 29.2 Å². The minimum atomic E-state index is -3.58. The lowest BCUT2D eigenvalue weighted by molar-refractivity contribution is 0.0886. The van der Waals surface area contributed by atoms with Crippen molar-refractivity contribution in [3.63, 3.8) is 0 Å². The fraction of sp³-hybridized carbons (Fsp3) is 0.632. The lowest BCUT2D eigenvalue weighted by Crippen LogP contribution is -2.42. The van der Waals surface area contributed by atoms with Gasteiger partial charge < -0.3 is 10.1 Å². The molecular formula is C19H30N2O4S. The van der Waals surface area contributed by atoms with Gasteiger partial charge in [0.2, 0.25) is 10.0 Å². The summed E-state index contributed by atoms with van der Waals surface area (Å²) in [5.41, 5.74) is 0.347. The molecule has 0 saturated carbocycles. The first kappa shape index (κ1) is 20.9. The lowest BCUT2D eigenvalue weighted by atomic mass is 10.1. The molecule has 1 atom stereocenters. The number of benzene rings is 1. The first-order chi connectivity index (χ1) is 12.3. The molecule has 1 fully saturated rings. The zero-order valence-electron chi connectivity index (χ0n) is 15.9. The number of rotatable bonds is 8. The van der Waals surface area contributed by atoms with Crippen molar-refractivity contribution in [2.24, 2.45) is 5.92 Å². The van der Waals surface area contributed by atoms with Crippen LogP contribution in [0.25, 0.3) is 0 Å². The molecule has 0 radical (unpaired) electrons. The summed E-state index contributed by atoms with van der Waals surface area (Å²) in [6, 6.07) is 6.25. The molecule has 1 aliphatic rings. The molecule has 26 heavy (non-hydrogen) atoms. The Morgan fingerprint density at radius 3 is 2.81 bits per heavy atom. The van der Waals surface area contributed by atoms with Gasteiger partial charge in [0, 0.05) is 31.3 Å². The van der Waals surface area contributed by atoms with Crippen LogP contribution in [-0.4, -0.2) is 51.0 Å². The highest BCUT2D eigenvalue weighted by atomic mass is 32.2. The second kappa shape index (κ2) is 9.48. The third-order valence-electron chi connectivity index (χ3n) is 4.43. The van der Waals surface area contributed by atoms with Crippen molar-refractivity contribution in [2.75, 3.05) is 26.3 Å². The molecular weight excluding hydrogens is 352 g/mol. The molecule has 0 aromatic heterocycles. The van der Waals surface area contributed by atoms with E-state index in [1.807, 2.05) is 6.92 Å². The minimum Gasteiger partial charge on any atom is -0.379 e. The molecule has 1 aromatic rings. The van der Waals surface area contributed by atoms with Crippen molar-refractivity contribution in [1.29, 1.82) is 0 Å². The first-order valence-electron chi connectivity index (χ1n) is 9.30. The fourth-order valence-corrected chi connectivity index (χ4v) is 4.77. The molecule has 0 aliphatic carbocycles. The summed E-state index contributed by atoms with van der Waals surface area (Å²) in [5.74, 6) is 0.159. The average Bonchev–Trinajstić information content (AvgIpc) is 2.61. The van der Waals surface area contributed by atoms with E-state index in [4.69, 9.17) is 4.74 Å². The van der Waals surface area contributed by atoms with Gasteiger partial charge in [-0.1, -0.05) is 26.3 Å². The van der Waals surface area contributed by atoms with Crippen LogP contribution in [0.5, 0.6) is 0 Å². The van der Waals surface area contributed by atoms with Crippen LogP contribution >= 0.6 is 0 Å². The van der Waals surface area contributed by atoms with Gasteiger partial charge in [-0.3, -0.25) is 4.79 Å². The number of amides is 1. The van der Waals surface area contributed by atoms with Gasteiger partial charge in [0.25, 0.3) is 5.91 Å². The molecule has 1 amide bonds. The maximum atomic E-state index is 12.9. The van der Waals surface area contributed by atoms with Gasteiger partial charge in [-0.2, -0.15) is 4.31 Å².